The average molecular weight is 221 g/mol. The van der Waals surface area contributed by atoms with Crippen molar-refractivity contribution >= 4 is 11.8 Å². The van der Waals surface area contributed by atoms with Crippen LogP contribution in [-0.4, -0.2) is 30.3 Å². The molecule has 0 saturated carbocycles. The van der Waals surface area contributed by atoms with Gasteiger partial charge in [0.15, 0.2) is 0 Å². The lowest BCUT2D eigenvalue weighted by molar-refractivity contribution is -0.128. The fraction of sp³-hybridized carbons (Fsp3) is 0.273. The molecule has 0 saturated heterocycles. The van der Waals surface area contributed by atoms with Gasteiger partial charge in [-0.3, -0.25) is 9.59 Å². The zero-order chi connectivity index (χ0) is 12.1. The third-order valence-electron chi connectivity index (χ3n) is 2.26. The number of amides is 2. The number of primary amides is 1. The van der Waals surface area contributed by atoms with E-state index in [1.54, 1.807) is 31.3 Å². The largest absolute Gasteiger partial charge is 0.366 e. The van der Waals surface area contributed by atoms with Crippen molar-refractivity contribution in [1.29, 1.82) is 0 Å². The maximum absolute atomic E-state index is 11.2. The molecule has 5 nitrogen and oxygen atoms in total. The van der Waals surface area contributed by atoms with Crippen LogP contribution in [0.5, 0.6) is 0 Å². The second-order valence-corrected chi connectivity index (χ2v) is 3.52. The summed E-state index contributed by atoms with van der Waals surface area (Å²) in [6.45, 7) is 0.463. The molecule has 1 rings (SSSR count). The molecule has 16 heavy (non-hydrogen) atoms. The van der Waals surface area contributed by atoms with E-state index >= 15 is 0 Å². The van der Waals surface area contributed by atoms with Crippen molar-refractivity contribution in [2.45, 2.75) is 6.54 Å². The summed E-state index contributed by atoms with van der Waals surface area (Å²) in [5, 5.41) is 0. The first-order valence-corrected chi connectivity index (χ1v) is 4.87. The van der Waals surface area contributed by atoms with Crippen LogP contribution in [0.2, 0.25) is 0 Å². The first-order valence-electron chi connectivity index (χ1n) is 4.87. The van der Waals surface area contributed by atoms with Gasteiger partial charge in [-0.25, -0.2) is 0 Å². The van der Waals surface area contributed by atoms with Gasteiger partial charge >= 0.3 is 0 Å². The molecule has 0 atom stereocenters. The Morgan fingerprint density at radius 3 is 2.25 bits per heavy atom. The number of nitrogens with two attached hydrogens (primary N) is 2. The number of hydrogen-bond donors (Lipinski definition) is 2. The molecule has 0 fully saturated rings. The lowest BCUT2D eigenvalue weighted by Crippen LogP contribution is -2.32. The SMILES string of the molecule is CN(Cc1ccc(C(N)=O)cc1)C(=O)CN. The van der Waals surface area contributed by atoms with E-state index in [0.717, 1.165) is 5.56 Å². The van der Waals surface area contributed by atoms with E-state index in [2.05, 4.69) is 0 Å². The Morgan fingerprint density at radius 2 is 1.81 bits per heavy atom. The number of likely N-dealkylation sites (N-methyl/N-ethyl adjacent to an activating group) is 1. The molecule has 2 amide bonds. The molecule has 0 heterocycles. The molecular formula is C11H15N3O2. The summed E-state index contributed by atoms with van der Waals surface area (Å²) in [5.74, 6) is -0.586. The number of carbonyl (C=O) groups excluding carboxylic acids is 2. The maximum Gasteiger partial charge on any atom is 0.248 e. The van der Waals surface area contributed by atoms with Gasteiger partial charge in [0.05, 0.1) is 6.54 Å². The third kappa shape index (κ3) is 3.06. The normalized spacial score (nSPS) is 9.88. The van der Waals surface area contributed by atoms with Crippen LogP contribution in [-0.2, 0) is 11.3 Å². The van der Waals surface area contributed by atoms with Crippen LogP contribution in [0.15, 0.2) is 24.3 Å². The molecule has 0 radical (unpaired) electrons. The Bertz CT molecular complexity index is 387. The Hall–Kier alpha value is -1.88. The zero-order valence-electron chi connectivity index (χ0n) is 9.14. The monoisotopic (exact) mass is 221 g/mol. The Morgan fingerprint density at radius 1 is 1.25 bits per heavy atom. The highest BCUT2D eigenvalue weighted by Crippen LogP contribution is 2.06. The van der Waals surface area contributed by atoms with Gasteiger partial charge in [0, 0.05) is 19.2 Å². The first-order chi connectivity index (χ1) is 7.54. The number of hydrogen-bond acceptors (Lipinski definition) is 3. The van der Waals surface area contributed by atoms with Crippen molar-refractivity contribution in [2.75, 3.05) is 13.6 Å². The highest BCUT2D eigenvalue weighted by Gasteiger charge is 2.07. The van der Waals surface area contributed by atoms with Crippen molar-refractivity contribution in [1.82, 2.24) is 4.90 Å². The first kappa shape index (κ1) is 12.2. The Balaban J connectivity index is 2.68. The van der Waals surface area contributed by atoms with Crippen LogP contribution < -0.4 is 11.5 Å². The lowest BCUT2D eigenvalue weighted by atomic mass is 10.1. The average Bonchev–Trinajstić information content (AvgIpc) is 2.28. The van der Waals surface area contributed by atoms with Gasteiger partial charge in [0.2, 0.25) is 11.8 Å². The van der Waals surface area contributed by atoms with Crippen LogP contribution in [0.4, 0.5) is 0 Å². The zero-order valence-corrected chi connectivity index (χ0v) is 9.14. The van der Waals surface area contributed by atoms with Crippen molar-refractivity contribution < 1.29 is 9.59 Å². The van der Waals surface area contributed by atoms with Gasteiger partial charge in [-0.1, -0.05) is 12.1 Å². The molecule has 0 aliphatic carbocycles. The fourth-order valence-electron chi connectivity index (χ4n) is 1.29. The standard InChI is InChI=1S/C11H15N3O2/c1-14(10(15)6-12)7-8-2-4-9(5-3-8)11(13)16/h2-5H,6-7,12H2,1H3,(H2,13,16). The second-order valence-electron chi connectivity index (χ2n) is 3.52. The van der Waals surface area contributed by atoms with Crippen LogP contribution in [0.1, 0.15) is 15.9 Å². The molecule has 0 unspecified atom stereocenters. The van der Waals surface area contributed by atoms with E-state index in [-0.39, 0.29) is 12.5 Å². The van der Waals surface area contributed by atoms with Gasteiger partial charge in [-0.2, -0.15) is 0 Å². The van der Waals surface area contributed by atoms with Gasteiger partial charge in [-0.15, -0.1) is 0 Å². The van der Waals surface area contributed by atoms with Crippen molar-refractivity contribution in [3.63, 3.8) is 0 Å². The van der Waals surface area contributed by atoms with Gasteiger partial charge < -0.3 is 16.4 Å². The molecule has 0 spiro atoms. The number of benzene rings is 1. The number of nitrogens with zero attached hydrogens (tertiary/aromatic N) is 1. The lowest BCUT2D eigenvalue weighted by Gasteiger charge is -2.16. The minimum atomic E-state index is -0.460. The molecule has 0 aromatic heterocycles. The minimum Gasteiger partial charge on any atom is -0.366 e. The summed E-state index contributed by atoms with van der Waals surface area (Å²) >= 11 is 0. The summed E-state index contributed by atoms with van der Waals surface area (Å²) in [5.41, 5.74) is 11.7. The molecule has 86 valence electrons. The molecule has 5 heteroatoms. The van der Waals surface area contributed by atoms with E-state index in [1.807, 2.05) is 0 Å². The topological polar surface area (TPSA) is 89.4 Å². The van der Waals surface area contributed by atoms with E-state index in [4.69, 9.17) is 11.5 Å². The number of rotatable bonds is 4. The molecule has 4 N–H and O–H groups in total. The van der Waals surface area contributed by atoms with Crippen LogP contribution in [0.3, 0.4) is 0 Å². The van der Waals surface area contributed by atoms with Crippen LogP contribution in [0.25, 0.3) is 0 Å². The van der Waals surface area contributed by atoms with Crippen molar-refractivity contribution in [2.24, 2.45) is 11.5 Å². The minimum absolute atomic E-state index is 0.00410. The Labute approximate surface area is 94.0 Å². The van der Waals surface area contributed by atoms with Crippen LogP contribution >= 0.6 is 0 Å². The van der Waals surface area contributed by atoms with Crippen LogP contribution in [0, 0.1) is 0 Å². The smallest absolute Gasteiger partial charge is 0.248 e. The van der Waals surface area contributed by atoms with E-state index in [1.165, 1.54) is 4.90 Å². The van der Waals surface area contributed by atoms with E-state index < -0.39 is 5.91 Å². The summed E-state index contributed by atoms with van der Waals surface area (Å²) in [6, 6.07) is 6.80. The maximum atomic E-state index is 11.2. The van der Waals surface area contributed by atoms with Crippen molar-refractivity contribution in [3.05, 3.63) is 35.4 Å². The molecule has 1 aromatic carbocycles. The van der Waals surface area contributed by atoms with Gasteiger partial charge in [0.25, 0.3) is 0 Å². The summed E-state index contributed by atoms with van der Waals surface area (Å²) in [4.78, 5) is 23.6. The predicted octanol–water partition coefficient (Wildman–Crippen LogP) is -0.297. The molecule has 0 aliphatic heterocycles. The summed E-state index contributed by atoms with van der Waals surface area (Å²) in [7, 11) is 1.68. The van der Waals surface area contributed by atoms with Crippen molar-refractivity contribution in [3.8, 4) is 0 Å². The predicted molar refractivity (Wildman–Crippen MR) is 60.5 cm³/mol. The molecule has 0 bridgehead atoms. The third-order valence-corrected chi connectivity index (χ3v) is 2.26. The molecular weight excluding hydrogens is 206 g/mol. The molecule has 1 aromatic rings. The number of carbonyl (C=O) groups is 2. The van der Waals surface area contributed by atoms with E-state index in [0.29, 0.717) is 12.1 Å². The van der Waals surface area contributed by atoms with Gasteiger partial charge in [0.1, 0.15) is 0 Å². The van der Waals surface area contributed by atoms with E-state index in [9.17, 15) is 9.59 Å². The second kappa shape index (κ2) is 5.27. The Kier molecular flexibility index (Phi) is 4.02. The van der Waals surface area contributed by atoms with Gasteiger partial charge in [-0.05, 0) is 17.7 Å². The highest BCUT2D eigenvalue weighted by atomic mass is 16.2. The highest BCUT2D eigenvalue weighted by molar-refractivity contribution is 5.92. The summed E-state index contributed by atoms with van der Waals surface area (Å²) < 4.78 is 0. The molecule has 0 aliphatic rings. The summed E-state index contributed by atoms with van der Waals surface area (Å²) in [6.07, 6.45) is 0. The fourth-order valence-corrected chi connectivity index (χ4v) is 1.29. The quantitative estimate of drug-likeness (QED) is 0.731.